The van der Waals surface area contributed by atoms with Gasteiger partial charge in [-0.1, -0.05) is 20.8 Å². The van der Waals surface area contributed by atoms with Crippen LogP contribution in [0.25, 0.3) is 0 Å². The smallest absolute Gasteiger partial charge is 0.225 e. The summed E-state index contributed by atoms with van der Waals surface area (Å²) in [5.41, 5.74) is 5.51. The van der Waals surface area contributed by atoms with Gasteiger partial charge in [-0.2, -0.15) is 0 Å². The number of rotatable bonds is 6. The molecule has 24 heavy (non-hydrogen) atoms. The lowest BCUT2D eigenvalue weighted by Gasteiger charge is -2.34. The highest BCUT2D eigenvalue weighted by molar-refractivity contribution is 5.89. The number of carbonyl (C=O) groups excluding carboxylic acids is 2. The molecule has 1 saturated carbocycles. The largest absolute Gasteiger partial charge is 0.349 e. The van der Waals surface area contributed by atoms with Gasteiger partial charge in [-0.3, -0.25) is 9.59 Å². The van der Waals surface area contributed by atoms with Crippen molar-refractivity contribution in [2.75, 3.05) is 13.1 Å². The fraction of sp³-hybridized carbons (Fsp3) is 0.895. The van der Waals surface area contributed by atoms with Crippen molar-refractivity contribution in [3.05, 3.63) is 0 Å². The average Bonchev–Trinajstić information content (AvgIpc) is 2.89. The van der Waals surface area contributed by atoms with E-state index >= 15 is 0 Å². The maximum atomic E-state index is 12.7. The highest BCUT2D eigenvalue weighted by Gasteiger charge is 2.40. The van der Waals surface area contributed by atoms with Gasteiger partial charge in [0.05, 0.1) is 5.92 Å². The molecule has 2 aliphatic rings. The second-order valence-corrected chi connectivity index (χ2v) is 8.71. The van der Waals surface area contributed by atoms with Crippen molar-refractivity contribution in [2.24, 2.45) is 23.5 Å². The van der Waals surface area contributed by atoms with Gasteiger partial charge in [0.1, 0.15) is 0 Å². The quantitative estimate of drug-likeness (QED) is 0.781. The third-order valence-electron chi connectivity index (χ3n) is 5.69. The second-order valence-electron chi connectivity index (χ2n) is 8.71. The lowest BCUT2D eigenvalue weighted by atomic mass is 9.86. The zero-order valence-corrected chi connectivity index (χ0v) is 15.8. The first-order chi connectivity index (χ1) is 11.2. The maximum Gasteiger partial charge on any atom is 0.225 e. The first-order valence-corrected chi connectivity index (χ1v) is 9.55. The summed E-state index contributed by atoms with van der Waals surface area (Å²) < 4.78 is 0. The average molecular weight is 338 g/mol. The molecule has 138 valence electrons. The Morgan fingerprint density at radius 1 is 1.33 bits per heavy atom. The number of nitrogens with two attached hydrogens (primary N) is 1. The van der Waals surface area contributed by atoms with Crippen LogP contribution in [0.3, 0.4) is 0 Å². The monoisotopic (exact) mass is 337 g/mol. The van der Waals surface area contributed by atoms with E-state index in [9.17, 15) is 9.59 Å². The van der Waals surface area contributed by atoms with Gasteiger partial charge >= 0.3 is 0 Å². The maximum absolute atomic E-state index is 12.7. The van der Waals surface area contributed by atoms with Crippen LogP contribution in [0, 0.1) is 17.8 Å². The number of hydrogen-bond donors (Lipinski definition) is 2. The van der Waals surface area contributed by atoms with E-state index in [0.717, 1.165) is 25.2 Å². The zero-order chi connectivity index (χ0) is 17.9. The van der Waals surface area contributed by atoms with Crippen molar-refractivity contribution in [1.29, 1.82) is 0 Å². The summed E-state index contributed by atoms with van der Waals surface area (Å²) in [5, 5.41) is 3.12. The standard InChI is InChI=1S/C19H35N3O2/c1-13(2)10-19(4,12-20)21-18(24)15-9-17(23)22(11-15)16-7-5-14(3)6-8-16/h13-16H,5-12,20H2,1-4H3,(H,21,24). The minimum Gasteiger partial charge on any atom is -0.349 e. The van der Waals surface area contributed by atoms with Gasteiger partial charge in [-0.15, -0.1) is 0 Å². The number of likely N-dealkylation sites (tertiary alicyclic amines) is 1. The van der Waals surface area contributed by atoms with E-state index in [0.29, 0.717) is 31.5 Å². The molecule has 0 radical (unpaired) electrons. The fourth-order valence-corrected chi connectivity index (χ4v) is 4.30. The van der Waals surface area contributed by atoms with E-state index in [-0.39, 0.29) is 23.3 Å². The van der Waals surface area contributed by atoms with Gasteiger partial charge in [0.2, 0.25) is 11.8 Å². The van der Waals surface area contributed by atoms with Crippen molar-refractivity contribution < 1.29 is 9.59 Å². The number of nitrogens with zero attached hydrogens (tertiary/aromatic N) is 1. The summed E-state index contributed by atoms with van der Waals surface area (Å²) in [6.07, 6.45) is 5.72. The van der Waals surface area contributed by atoms with E-state index in [2.05, 4.69) is 26.1 Å². The highest BCUT2D eigenvalue weighted by atomic mass is 16.2. The van der Waals surface area contributed by atoms with Gasteiger partial charge in [0.25, 0.3) is 0 Å². The van der Waals surface area contributed by atoms with Crippen molar-refractivity contribution in [1.82, 2.24) is 10.2 Å². The number of hydrogen-bond acceptors (Lipinski definition) is 3. The molecule has 1 aliphatic carbocycles. The Morgan fingerprint density at radius 3 is 2.50 bits per heavy atom. The van der Waals surface area contributed by atoms with Gasteiger partial charge < -0.3 is 16.0 Å². The van der Waals surface area contributed by atoms with Gasteiger partial charge in [-0.25, -0.2) is 0 Å². The molecule has 1 saturated heterocycles. The molecule has 0 spiro atoms. The molecule has 1 aliphatic heterocycles. The Kier molecular flexibility index (Phi) is 6.29. The summed E-state index contributed by atoms with van der Waals surface area (Å²) in [5.74, 6) is 1.13. The Labute approximate surface area is 146 Å². The molecule has 2 amide bonds. The van der Waals surface area contributed by atoms with Crippen LogP contribution >= 0.6 is 0 Å². The predicted octanol–water partition coefficient (Wildman–Crippen LogP) is 2.29. The minimum atomic E-state index is -0.387. The van der Waals surface area contributed by atoms with Crippen LogP contribution < -0.4 is 11.1 Å². The Morgan fingerprint density at radius 2 is 1.96 bits per heavy atom. The van der Waals surface area contributed by atoms with Crippen LogP contribution in [0.4, 0.5) is 0 Å². The molecule has 5 nitrogen and oxygen atoms in total. The number of amides is 2. The van der Waals surface area contributed by atoms with E-state index < -0.39 is 0 Å². The summed E-state index contributed by atoms with van der Waals surface area (Å²) in [6, 6.07) is 0.336. The van der Waals surface area contributed by atoms with Crippen molar-refractivity contribution in [3.63, 3.8) is 0 Å². The van der Waals surface area contributed by atoms with E-state index in [4.69, 9.17) is 5.73 Å². The SMILES string of the molecule is CC(C)CC(C)(CN)NC(=O)C1CC(=O)N(C2CCC(C)CC2)C1. The van der Waals surface area contributed by atoms with E-state index in [1.165, 1.54) is 12.8 Å². The molecule has 0 aromatic rings. The molecular formula is C19H35N3O2. The fourth-order valence-electron chi connectivity index (χ4n) is 4.30. The Hall–Kier alpha value is -1.10. The molecule has 1 heterocycles. The molecule has 5 heteroatoms. The molecule has 0 bridgehead atoms. The van der Waals surface area contributed by atoms with Gasteiger partial charge in [0, 0.05) is 31.1 Å². The van der Waals surface area contributed by atoms with E-state index in [1.807, 2.05) is 11.8 Å². The molecule has 2 unspecified atom stereocenters. The third-order valence-corrected chi connectivity index (χ3v) is 5.69. The van der Waals surface area contributed by atoms with Gasteiger partial charge in [-0.05, 0) is 50.9 Å². The first-order valence-electron chi connectivity index (χ1n) is 9.55. The molecular weight excluding hydrogens is 302 g/mol. The lowest BCUT2D eigenvalue weighted by molar-refractivity contribution is -0.131. The Balaban J connectivity index is 1.93. The predicted molar refractivity (Wildman–Crippen MR) is 96.3 cm³/mol. The highest BCUT2D eigenvalue weighted by Crippen LogP contribution is 2.31. The van der Waals surface area contributed by atoms with Crippen LogP contribution in [0.15, 0.2) is 0 Å². The van der Waals surface area contributed by atoms with Crippen LogP contribution in [0.5, 0.6) is 0 Å². The van der Waals surface area contributed by atoms with Crippen LogP contribution in [0.2, 0.25) is 0 Å². The minimum absolute atomic E-state index is 0.0105. The number of nitrogens with one attached hydrogen (secondary N) is 1. The van der Waals surface area contributed by atoms with Gasteiger partial charge in [0.15, 0.2) is 0 Å². The van der Waals surface area contributed by atoms with Crippen molar-refractivity contribution in [2.45, 2.75) is 77.8 Å². The van der Waals surface area contributed by atoms with Crippen molar-refractivity contribution >= 4 is 11.8 Å². The topological polar surface area (TPSA) is 75.4 Å². The van der Waals surface area contributed by atoms with E-state index in [1.54, 1.807) is 0 Å². The molecule has 0 aromatic heterocycles. The first kappa shape index (κ1) is 19.2. The molecule has 3 N–H and O–H groups in total. The molecule has 2 rings (SSSR count). The summed E-state index contributed by atoms with van der Waals surface area (Å²) in [7, 11) is 0. The summed E-state index contributed by atoms with van der Waals surface area (Å²) >= 11 is 0. The summed E-state index contributed by atoms with van der Waals surface area (Å²) in [4.78, 5) is 27.1. The van der Waals surface area contributed by atoms with Crippen LogP contribution in [0.1, 0.15) is 66.2 Å². The lowest BCUT2D eigenvalue weighted by Crippen LogP contribution is -2.54. The second kappa shape index (κ2) is 7.85. The number of carbonyl (C=O) groups is 2. The van der Waals surface area contributed by atoms with Crippen molar-refractivity contribution in [3.8, 4) is 0 Å². The van der Waals surface area contributed by atoms with Crippen LogP contribution in [-0.2, 0) is 9.59 Å². The molecule has 2 atom stereocenters. The van der Waals surface area contributed by atoms with Crippen LogP contribution in [-0.4, -0.2) is 41.4 Å². The molecule has 2 fully saturated rings. The Bertz CT molecular complexity index is 458. The molecule has 0 aromatic carbocycles. The summed E-state index contributed by atoms with van der Waals surface area (Å²) in [6.45, 7) is 9.53. The zero-order valence-electron chi connectivity index (χ0n) is 15.8. The third kappa shape index (κ3) is 4.71. The normalized spacial score (nSPS) is 30.5.